The average Bonchev–Trinajstić information content (AvgIpc) is 3.24. The van der Waals surface area contributed by atoms with Crippen molar-refractivity contribution >= 4 is 40.2 Å². The van der Waals surface area contributed by atoms with Crippen LogP contribution in [0.5, 0.6) is 0 Å². The number of aromatic nitrogens is 4. The molecule has 1 radical (unpaired) electrons. The fourth-order valence-electron chi connectivity index (χ4n) is 3.35. The maximum atomic E-state index is 14.5. The predicted molar refractivity (Wildman–Crippen MR) is 104 cm³/mol. The standard InChI is InChI=1S/C18H17Cl2FN5O3/c1-25(6-9-4-2-3-5-10(9)19)15-13-16(24-18(20)23-15)26(8-22-13)17-12(21)14(28)11(7-27)29-17/h2-5,8,11-12,14,17,28H,6-7H2,1H3/t11-,12+,14-,17-/m1/s1. The number of halogens is 3. The van der Waals surface area contributed by atoms with E-state index in [1.54, 1.807) is 18.0 Å². The van der Waals surface area contributed by atoms with Crippen LogP contribution in [-0.2, 0) is 16.4 Å². The molecule has 4 atom stereocenters. The van der Waals surface area contributed by atoms with Crippen LogP contribution < -0.4 is 4.90 Å². The van der Waals surface area contributed by atoms with Gasteiger partial charge >= 0.3 is 0 Å². The second-order valence-corrected chi connectivity index (χ2v) is 7.50. The smallest absolute Gasteiger partial charge is 0.226 e. The summed E-state index contributed by atoms with van der Waals surface area (Å²) < 4.78 is 21.2. The highest BCUT2D eigenvalue weighted by Crippen LogP contribution is 2.35. The molecule has 0 spiro atoms. The van der Waals surface area contributed by atoms with Crippen molar-refractivity contribution in [3.63, 3.8) is 0 Å². The largest absolute Gasteiger partial charge is 0.387 e. The number of hydrogen-bond donors (Lipinski definition) is 1. The molecule has 1 aromatic carbocycles. The Morgan fingerprint density at radius 3 is 2.76 bits per heavy atom. The van der Waals surface area contributed by atoms with Crippen LogP contribution >= 0.6 is 23.2 Å². The van der Waals surface area contributed by atoms with E-state index in [4.69, 9.17) is 27.9 Å². The lowest BCUT2D eigenvalue weighted by molar-refractivity contribution is -0.0593. The van der Waals surface area contributed by atoms with Gasteiger partial charge in [-0.15, -0.1) is 0 Å². The lowest BCUT2D eigenvalue weighted by Gasteiger charge is -2.20. The van der Waals surface area contributed by atoms with Crippen molar-refractivity contribution in [2.24, 2.45) is 0 Å². The number of ether oxygens (including phenoxy) is 1. The van der Waals surface area contributed by atoms with Crippen molar-refractivity contribution in [1.29, 1.82) is 0 Å². The highest BCUT2D eigenvalue weighted by Gasteiger charge is 2.45. The minimum atomic E-state index is -1.80. The Morgan fingerprint density at radius 2 is 2.07 bits per heavy atom. The molecule has 3 heterocycles. The Bertz CT molecular complexity index is 1040. The van der Waals surface area contributed by atoms with Gasteiger partial charge in [-0.3, -0.25) is 4.57 Å². The van der Waals surface area contributed by atoms with Gasteiger partial charge in [0.05, 0.1) is 6.33 Å². The summed E-state index contributed by atoms with van der Waals surface area (Å²) in [6.07, 6.45) is -4.37. The molecule has 2 aromatic heterocycles. The first kappa shape index (κ1) is 20.2. The van der Waals surface area contributed by atoms with Crippen LogP contribution in [0, 0.1) is 0 Å². The molecule has 0 unspecified atom stereocenters. The fourth-order valence-corrected chi connectivity index (χ4v) is 3.71. The van der Waals surface area contributed by atoms with Gasteiger partial charge in [0.1, 0.15) is 18.8 Å². The van der Waals surface area contributed by atoms with E-state index >= 15 is 0 Å². The van der Waals surface area contributed by atoms with E-state index in [1.165, 1.54) is 10.9 Å². The van der Waals surface area contributed by atoms with E-state index in [9.17, 15) is 14.6 Å². The number of nitrogens with zero attached hydrogens (tertiary/aromatic N) is 5. The fraction of sp³-hybridized carbons (Fsp3) is 0.389. The molecule has 8 nitrogen and oxygen atoms in total. The minimum Gasteiger partial charge on any atom is -0.387 e. The highest BCUT2D eigenvalue weighted by molar-refractivity contribution is 6.31. The molecule has 3 aromatic rings. The number of anilines is 1. The number of hydrogen-bond acceptors (Lipinski definition) is 6. The van der Waals surface area contributed by atoms with Crippen molar-refractivity contribution in [1.82, 2.24) is 19.5 Å². The third-order valence-electron chi connectivity index (χ3n) is 4.83. The number of aliphatic hydroxyl groups excluding tert-OH is 1. The lowest BCUT2D eigenvalue weighted by atomic mass is 10.1. The number of imidazole rings is 1. The van der Waals surface area contributed by atoms with Crippen molar-refractivity contribution in [2.45, 2.75) is 31.2 Å². The molecule has 1 N–H and O–H groups in total. The molecule has 29 heavy (non-hydrogen) atoms. The van der Waals surface area contributed by atoms with Crippen molar-refractivity contribution in [3.05, 3.63) is 46.5 Å². The average molecular weight is 441 g/mol. The van der Waals surface area contributed by atoms with Gasteiger partial charge in [-0.05, 0) is 23.2 Å². The first-order chi connectivity index (χ1) is 13.9. The van der Waals surface area contributed by atoms with Crippen LogP contribution in [0.4, 0.5) is 10.2 Å². The summed E-state index contributed by atoms with van der Waals surface area (Å²) >= 11 is 12.3. The summed E-state index contributed by atoms with van der Waals surface area (Å²) in [5, 5.41) is 21.5. The maximum Gasteiger partial charge on any atom is 0.226 e. The molecule has 1 aliphatic rings. The van der Waals surface area contributed by atoms with Crippen molar-refractivity contribution in [3.8, 4) is 0 Å². The summed E-state index contributed by atoms with van der Waals surface area (Å²) in [5.74, 6) is 0.424. The predicted octanol–water partition coefficient (Wildman–Crippen LogP) is 2.80. The molecule has 0 saturated carbocycles. The van der Waals surface area contributed by atoms with E-state index in [1.807, 2.05) is 18.2 Å². The van der Waals surface area contributed by atoms with Gasteiger partial charge in [-0.25, -0.2) is 14.5 Å². The van der Waals surface area contributed by atoms with Crippen LogP contribution in [0.15, 0.2) is 30.6 Å². The molecule has 4 rings (SSSR count). The maximum absolute atomic E-state index is 14.5. The van der Waals surface area contributed by atoms with Gasteiger partial charge in [0, 0.05) is 18.6 Å². The van der Waals surface area contributed by atoms with Crippen LogP contribution in [0.25, 0.3) is 11.2 Å². The van der Waals surface area contributed by atoms with E-state index in [0.29, 0.717) is 22.9 Å². The first-order valence-electron chi connectivity index (χ1n) is 8.81. The van der Waals surface area contributed by atoms with Crippen LogP contribution in [0.1, 0.15) is 11.8 Å². The highest BCUT2D eigenvalue weighted by atomic mass is 35.5. The second kappa shape index (κ2) is 8.00. The Kier molecular flexibility index (Phi) is 5.58. The molecule has 0 amide bonds. The molecular weight excluding hydrogens is 424 g/mol. The number of fused-ring (bicyclic) bond motifs is 1. The molecule has 0 aliphatic carbocycles. The van der Waals surface area contributed by atoms with Crippen LogP contribution in [0.2, 0.25) is 10.3 Å². The summed E-state index contributed by atoms with van der Waals surface area (Å²) in [4.78, 5) is 14.5. The van der Waals surface area contributed by atoms with Crippen molar-refractivity contribution in [2.75, 3.05) is 18.6 Å². The van der Waals surface area contributed by atoms with Gasteiger partial charge in [0.2, 0.25) is 5.28 Å². The normalized spacial score (nSPS) is 24.3. The molecular formula is C18H17Cl2FN5O3. The van der Waals surface area contributed by atoms with Gasteiger partial charge < -0.3 is 14.7 Å². The third kappa shape index (κ3) is 3.64. The van der Waals surface area contributed by atoms with Gasteiger partial charge in [-0.1, -0.05) is 29.8 Å². The zero-order valence-corrected chi connectivity index (χ0v) is 16.8. The minimum absolute atomic E-state index is 0.0606. The van der Waals surface area contributed by atoms with E-state index in [2.05, 4.69) is 15.0 Å². The SMILES string of the molecule is CN(Cc1ccccc1Cl)c1nc(Cl)nc2c1ncn2[C@@H]1O[C@H](C[O])[C@@H](O)[C@@H]1F. The summed E-state index contributed by atoms with van der Waals surface area (Å²) in [6.45, 7) is -0.329. The number of alkyl halides is 1. The van der Waals surface area contributed by atoms with Gasteiger partial charge in [0.25, 0.3) is 0 Å². The zero-order valence-electron chi connectivity index (χ0n) is 15.2. The molecule has 153 valence electrons. The summed E-state index contributed by atoms with van der Waals surface area (Å²) in [6, 6.07) is 7.40. The third-order valence-corrected chi connectivity index (χ3v) is 5.37. The van der Waals surface area contributed by atoms with Gasteiger partial charge in [0.15, 0.2) is 29.4 Å². The number of rotatable bonds is 5. The van der Waals surface area contributed by atoms with E-state index in [0.717, 1.165) is 5.56 Å². The Labute approximate surface area is 175 Å². The Hall–Kier alpha value is -2.04. The van der Waals surface area contributed by atoms with E-state index in [-0.39, 0.29) is 10.9 Å². The van der Waals surface area contributed by atoms with Crippen molar-refractivity contribution < 1.29 is 19.3 Å². The summed E-state index contributed by atoms with van der Waals surface area (Å²) in [5.41, 5.74) is 1.49. The van der Waals surface area contributed by atoms with Gasteiger partial charge in [-0.2, -0.15) is 9.97 Å². The Balaban J connectivity index is 1.71. The van der Waals surface area contributed by atoms with Crippen LogP contribution in [0.3, 0.4) is 0 Å². The number of benzene rings is 1. The molecule has 1 aliphatic heterocycles. The topological polar surface area (TPSA) is 96.2 Å². The Morgan fingerprint density at radius 1 is 1.31 bits per heavy atom. The monoisotopic (exact) mass is 440 g/mol. The molecule has 0 bridgehead atoms. The molecule has 11 heteroatoms. The first-order valence-corrected chi connectivity index (χ1v) is 9.56. The summed E-state index contributed by atoms with van der Waals surface area (Å²) in [7, 11) is 1.79. The zero-order chi connectivity index (χ0) is 20.7. The molecule has 1 saturated heterocycles. The molecule has 1 fully saturated rings. The number of aliphatic hydroxyl groups is 1. The second-order valence-electron chi connectivity index (χ2n) is 6.75. The van der Waals surface area contributed by atoms with Crippen LogP contribution in [-0.4, -0.2) is 56.7 Å². The lowest BCUT2D eigenvalue weighted by Crippen LogP contribution is -2.30. The van der Waals surface area contributed by atoms with E-state index < -0.39 is 31.2 Å². The quantitative estimate of drug-likeness (QED) is 0.612.